The first-order chi connectivity index (χ1) is 20.9. The molecule has 1 N–H and O–H groups in total. The van der Waals surface area contributed by atoms with Crippen LogP contribution in [0.3, 0.4) is 0 Å². The van der Waals surface area contributed by atoms with Crippen LogP contribution in [0.4, 0.5) is 5.69 Å². The van der Waals surface area contributed by atoms with E-state index < -0.39 is 24.2 Å². The summed E-state index contributed by atoms with van der Waals surface area (Å²) in [6, 6.07) is 8.24. The van der Waals surface area contributed by atoms with Crippen molar-refractivity contribution >= 4 is 22.4 Å². The van der Waals surface area contributed by atoms with Crippen LogP contribution in [0.25, 0.3) is 10.9 Å². The van der Waals surface area contributed by atoms with Crippen LogP contribution < -0.4 is 4.90 Å². The summed E-state index contributed by atoms with van der Waals surface area (Å²) in [5.74, 6) is -0.303. The average molecular weight is 491 g/mol. The number of aromatic amines is 1. The molecule has 0 radical (unpaired) electrons. The Hall–Kier alpha value is -3.14. The second kappa shape index (κ2) is 8.76. The highest BCUT2D eigenvalue weighted by Gasteiger charge is 2.40. The number of carbonyl (C=O) groups excluding carboxylic acids is 1. The van der Waals surface area contributed by atoms with Crippen molar-refractivity contribution in [3.8, 4) is 6.07 Å². The molecule has 3 aliphatic rings. The van der Waals surface area contributed by atoms with Gasteiger partial charge in [0.2, 0.25) is 0 Å². The minimum Gasteiger partial charge on any atom is -0.379 e. The molecule has 2 saturated heterocycles. The Kier molecular flexibility index (Phi) is 3.86. The highest BCUT2D eigenvalue weighted by Crippen LogP contribution is 2.46. The van der Waals surface area contributed by atoms with Gasteiger partial charge in [-0.3, -0.25) is 9.69 Å². The van der Waals surface area contributed by atoms with Crippen molar-refractivity contribution in [1.29, 1.82) is 5.26 Å². The van der Waals surface area contributed by atoms with Gasteiger partial charge in [0.25, 0.3) is 0 Å². The van der Waals surface area contributed by atoms with Crippen LogP contribution in [-0.2, 0) is 16.6 Å². The number of anilines is 1. The van der Waals surface area contributed by atoms with Gasteiger partial charge in [-0.2, -0.15) is 5.26 Å². The standard InChI is InChI=1S/C30H34N4O2/c1-4-20-16-23-24(17-26(20)34-9-7-21(8-10-34)33-11-13-36-14-12-33)30(2,3)29-27(28(23)35)22-6-5-19(18-31)15-25(22)32-29/h5-6,15-17,21,32H,4,7-14H2,1-3H3/i1D,2D,3D,7D2,8D2,21D. The van der Waals surface area contributed by atoms with Gasteiger partial charge >= 0.3 is 0 Å². The molecule has 0 spiro atoms. The van der Waals surface area contributed by atoms with E-state index in [1.54, 1.807) is 35.2 Å². The zero-order valence-electron chi connectivity index (χ0n) is 28.1. The number of nitriles is 1. The monoisotopic (exact) mass is 490 g/mol. The van der Waals surface area contributed by atoms with Crippen LogP contribution in [-0.4, -0.2) is 61.1 Å². The Balaban J connectivity index is 1.51. The van der Waals surface area contributed by atoms with Gasteiger partial charge in [0.15, 0.2) is 5.78 Å². The summed E-state index contributed by atoms with van der Waals surface area (Å²) in [4.78, 5) is 20.5. The van der Waals surface area contributed by atoms with Crippen molar-refractivity contribution in [2.24, 2.45) is 0 Å². The van der Waals surface area contributed by atoms with Crippen LogP contribution in [0.2, 0.25) is 0 Å². The van der Waals surface area contributed by atoms with Gasteiger partial charge in [0, 0.05) is 76.4 Å². The Bertz CT molecular complexity index is 1660. The third-order valence-corrected chi connectivity index (χ3v) is 7.42. The molecule has 36 heavy (non-hydrogen) atoms. The summed E-state index contributed by atoms with van der Waals surface area (Å²) in [6.07, 6.45) is -4.42. The number of benzene rings is 2. The van der Waals surface area contributed by atoms with Gasteiger partial charge in [-0.05, 0) is 54.6 Å². The fraction of sp³-hybridized carbons (Fsp3) is 0.467. The molecule has 3 aromatic rings. The molecule has 0 unspecified atom stereocenters. The third-order valence-electron chi connectivity index (χ3n) is 7.42. The van der Waals surface area contributed by atoms with Crippen molar-refractivity contribution in [3.63, 3.8) is 0 Å². The largest absolute Gasteiger partial charge is 0.379 e. The number of nitrogens with one attached hydrogen (secondary N) is 1. The van der Waals surface area contributed by atoms with Crippen molar-refractivity contribution < 1.29 is 20.5 Å². The lowest BCUT2D eigenvalue weighted by atomic mass is 9.70. The molecule has 0 amide bonds. The first-order valence-electron chi connectivity index (χ1n) is 16.7. The van der Waals surface area contributed by atoms with E-state index in [-0.39, 0.29) is 59.1 Å². The van der Waals surface area contributed by atoms with Crippen molar-refractivity contribution in [3.05, 3.63) is 63.8 Å². The molecule has 6 rings (SSSR count). The lowest BCUT2D eigenvalue weighted by molar-refractivity contribution is 0.0115. The maximum Gasteiger partial charge on any atom is 0.195 e. The number of fused-ring (bicyclic) bond motifs is 4. The van der Waals surface area contributed by atoms with Crippen LogP contribution >= 0.6 is 0 Å². The number of H-pyrrole nitrogens is 1. The van der Waals surface area contributed by atoms with E-state index in [1.807, 2.05) is 0 Å². The first kappa shape index (κ1) is 15.9. The number of ether oxygens (including phenoxy) is 1. The second-order valence-corrected chi connectivity index (χ2v) is 9.59. The molecule has 186 valence electrons. The molecule has 2 aromatic carbocycles. The van der Waals surface area contributed by atoms with Gasteiger partial charge in [-0.15, -0.1) is 0 Å². The van der Waals surface area contributed by atoms with Crippen molar-refractivity contribution in [2.45, 2.75) is 51.3 Å². The number of rotatable bonds is 3. The quantitative estimate of drug-likeness (QED) is 0.572. The van der Waals surface area contributed by atoms with E-state index in [0.717, 1.165) is 0 Å². The van der Waals surface area contributed by atoms with E-state index in [2.05, 4.69) is 11.1 Å². The number of ketones is 1. The predicted octanol–water partition coefficient (Wildman–Crippen LogP) is 4.77. The number of morpholine rings is 1. The van der Waals surface area contributed by atoms with Gasteiger partial charge in [-0.1, -0.05) is 26.8 Å². The fourth-order valence-corrected chi connectivity index (χ4v) is 5.48. The minimum atomic E-state index is -2.32. The molecule has 6 nitrogen and oxygen atoms in total. The molecular weight excluding hydrogens is 448 g/mol. The zero-order chi connectivity index (χ0) is 31.7. The van der Waals surface area contributed by atoms with Gasteiger partial charge in [-0.25, -0.2) is 0 Å². The molecule has 3 heterocycles. The molecule has 1 aliphatic carbocycles. The lowest BCUT2D eigenvalue weighted by Gasteiger charge is -2.42. The summed E-state index contributed by atoms with van der Waals surface area (Å²) in [5.41, 5.74) is 2.23. The summed E-state index contributed by atoms with van der Waals surface area (Å²) in [7, 11) is 0. The summed E-state index contributed by atoms with van der Waals surface area (Å²) in [5, 5.41) is 10.0. The molecule has 0 atom stereocenters. The SMILES string of the molecule is [2H]CCc1cc2c(cc1N1CC([2H])([2H])C([2H])(N3CCOCC3)C([2H])([2H])C1)C(C[2H])(C[2H])c1[nH]c3cc(C#N)ccc3c1C2=O. The van der Waals surface area contributed by atoms with Crippen LogP contribution in [0.15, 0.2) is 30.3 Å². The topological polar surface area (TPSA) is 72.4 Å². The van der Waals surface area contributed by atoms with E-state index in [9.17, 15) is 11.4 Å². The molecule has 2 aliphatic heterocycles. The van der Waals surface area contributed by atoms with Gasteiger partial charge < -0.3 is 14.6 Å². The summed E-state index contributed by atoms with van der Waals surface area (Å²) < 4.78 is 76.0. The number of aryl methyl sites for hydroxylation is 1. The van der Waals surface area contributed by atoms with Crippen molar-refractivity contribution in [2.75, 3.05) is 44.3 Å². The number of carbonyl (C=O) groups is 1. The molecule has 0 bridgehead atoms. The Morgan fingerprint density at radius 3 is 2.75 bits per heavy atom. The number of nitrogens with zero attached hydrogens (tertiary/aromatic N) is 3. The van der Waals surface area contributed by atoms with Crippen LogP contribution in [0.5, 0.6) is 0 Å². The average Bonchev–Trinajstić information content (AvgIpc) is 3.40. The molecule has 2 fully saturated rings. The van der Waals surface area contributed by atoms with E-state index >= 15 is 0 Å². The van der Waals surface area contributed by atoms with E-state index in [4.69, 9.17) is 14.3 Å². The third kappa shape index (κ3) is 3.56. The number of hydrogen-bond donors (Lipinski definition) is 1. The zero-order valence-corrected chi connectivity index (χ0v) is 20.1. The van der Waals surface area contributed by atoms with Gasteiger partial charge in [0.05, 0.1) is 30.4 Å². The Labute approximate surface area is 224 Å². The van der Waals surface area contributed by atoms with E-state index in [0.29, 0.717) is 63.3 Å². The normalized spacial score (nSPS) is 27.1. The second-order valence-electron chi connectivity index (χ2n) is 9.59. The van der Waals surface area contributed by atoms with Crippen LogP contribution in [0.1, 0.15) is 82.7 Å². The number of hydrogen-bond acceptors (Lipinski definition) is 5. The summed E-state index contributed by atoms with van der Waals surface area (Å²) >= 11 is 0. The highest BCUT2D eigenvalue weighted by molar-refractivity contribution is 6.20. The Morgan fingerprint density at radius 1 is 1.22 bits per heavy atom. The first-order valence-corrected chi connectivity index (χ1v) is 12.1. The highest BCUT2D eigenvalue weighted by atomic mass is 16.5. The van der Waals surface area contributed by atoms with Gasteiger partial charge in [0.1, 0.15) is 0 Å². The molecular formula is C30H34N4O2. The summed E-state index contributed by atoms with van der Waals surface area (Å²) in [6.45, 7) is -0.0970. The number of piperidine rings is 1. The molecule has 1 aromatic heterocycles. The molecule has 6 heteroatoms. The predicted molar refractivity (Wildman–Crippen MR) is 142 cm³/mol. The minimum absolute atomic E-state index is 0.0267. The molecule has 0 saturated carbocycles. The van der Waals surface area contributed by atoms with Crippen molar-refractivity contribution in [1.82, 2.24) is 9.88 Å². The maximum absolute atomic E-state index is 14.1. The smallest absolute Gasteiger partial charge is 0.195 e. The van der Waals surface area contributed by atoms with E-state index in [1.165, 1.54) is 4.90 Å². The fourth-order valence-electron chi connectivity index (χ4n) is 5.48. The van der Waals surface area contributed by atoms with Crippen LogP contribution in [0, 0.1) is 11.3 Å². The Morgan fingerprint density at radius 2 is 2.03 bits per heavy atom. The number of aromatic nitrogens is 1. The lowest BCUT2D eigenvalue weighted by Crippen LogP contribution is -2.49. The maximum atomic E-state index is 14.1.